The summed E-state index contributed by atoms with van der Waals surface area (Å²) >= 11 is 0. The van der Waals surface area contributed by atoms with Gasteiger partial charge in [-0.05, 0) is 38.4 Å². The van der Waals surface area contributed by atoms with Gasteiger partial charge in [0.25, 0.3) is 5.91 Å². The average Bonchev–Trinajstić information content (AvgIpc) is 2.45. The third-order valence-corrected chi connectivity index (χ3v) is 3.67. The largest absolute Gasteiger partial charge is 0.349 e. The minimum Gasteiger partial charge on any atom is -0.349 e. The minimum absolute atomic E-state index is 0.0414. The molecule has 2 rings (SSSR count). The first kappa shape index (κ1) is 14.5. The number of rotatable bonds is 4. The van der Waals surface area contributed by atoms with Gasteiger partial charge in [0.15, 0.2) is 0 Å². The van der Waals surface area contributed by atoms with Crippen molar-refractivity contribution >= 4 is 16.8 Å². The summed E-state index contributed by atoms with van der Waals surface area (Å²) in [6, 6.07) is 9.56. The first-order valence-corrected chi connectivity index (χ1v) is 6.90. The summed E-state index contributed by atoms with van der Waals surface area (Å²) in [7, 11) is 0. The molecule has 2 unspecified atom stereocenters. The van der Waals surface area contributed by atoms with Gasteiger partial charge < -0.3 is 11.1 Å². The van der Waals surface area contributed by atoms with Crippen LogP contribution in [0.15, 0.2) is 30.3 Å². The van der Waals surface area contributed by atoms with Crippen molar-refractivity contribution in [3.63, 3.8) is 0 Å². The second-order valence-corrected chi connectivity index (χ2v) is 5.30. The van der Waals surface area contributed by atoms with Gasteiger partial charge in [-0.25, -0.2) is 0 Å². The Bertz CT molecular complexity index is 624. The highest BCUT2D eigenvalue weighted by atomic mass is 16.1. The Balaban J connectivity index is 2.35. The topological polar surface area (TPSA) is 68.0 Å². The Kier molecular flexibility index (Phi) is 4.35. The number of para-hydroxylation sites is 1. The van der Waals surface area contributed by atoms with Crippen LogP contribution < -0.4 is 11.1 Å². The zero-order valence-electron chi connectivity index (χ0n) is 12.2. The lowest BCUT2D eigenvalue weighted by Crippen LogP contribution is -2.39. The van der Waals surface area contributed by atoms with Gasteiger partial charge in [0, 0.05) is 17.1 Å². The van der Waals surface area contributed by atoms with Crippen LogP contribution in [0.5, 0.6) is 0 Å². The van der Waals surface area contributed by atoms with Crippen LogP contribution in [0.1, 0.15) is 29.9 Å². The maximum Gasteiger partial charge on any atom is 0.252 e. The number of nitrogens with one attached hydrogen (secondary N) is 1. The van der Waals surface area contributed by atoms with E-state index in [-0.39, 0.29) is 17.9 Å². The lowest BCUT2D eigenvalue weighted by atomic mass is 10.0. The predicted molar refractivity (Wildman–Crippen MR) is 81.6 cm³/mol. The van der Waals surface area contributed by atoms with E-state index in [1.807, 2.05) is 51.1 Å². The monoisotopic (exact) mass is 271 g/mol. The Labute approximate surface area is 119 Å². The lowest BCUT2D eigenvalue weighted by molar-refractivity contribution is 0.0931. The van der Waals surface area contributed by atoms with Crippen LogP contribution in [0.2, 0.25) is 0 Å². The molecule has 1 amide bonds. The fourth-order valence-electron chi connectivity index (χ4n) is 2.13. The zero-order valence-corrected chi connectivity index (χ0v) is 12.2. The minimum atomic E-state index is -0.0699. The van der Waals surface area contributed by atoms with Crippen LogP contribution in [-0.2, 0) is 0 Å². The van der Waals surface area contributed by atoms with Crippen LogP contribution in [0.25, 0.3) is 10.9 Å². The summed E-state index contributed by atoms with van der Waals surface area (Å²) in [6.07, 6.45) is 0. The standard InChI is InChI=1S/C16H21N3O/c1-10(9-17)12(3)19-16(20)14-8-11(2)18-15-7-5-4-6-13(14)15/h4-8,10,12H,9,17H2,1-3H3,(H,19,20). The van der Waals surface area contributed by atoms with Crippen LogP contribution in [0.3, 0.4) is 0 Å². The maximum atomic E-state index is 12.5. The number of hydrogen-bond acceptors (Lipinski definition) is 3. The molecule has 4 nitrogen and oxygen atoms in total. The molecule has 0 saturated carbocycles. The molecule has 0 aliphatic carbocycles. The van der Waals surface area contributed by atoms with E-state index >= 15 is 0 Å². The van der Waals surface area contributed by atoms with E-state index in [4.69, 9.17) is 5.73 Å². The molecule has 106 valence electrons. The number of carbonyl (C=O) groups excluding carboxylic acids is 1. The van der Waals surface area contributed by atoms with Crippen molar-refractivity contribution in [2.75, 3.05) is 6.54 Å². The van der Waals surface area contributed by atoms with E-state index in [9.17, 15) is 4.79 Å². The van der Waals surface area contributed by atoms with Gasteiger partial charge in [-0.2, -0.15) is 0 Å². The van der Waals surface area contributed by atoms with E-state index in [0.29, 0.717) is 12.1 Å². The SMILES string of the molecule is Cc1cc(C(=O)NC(C)C(C)CN)c2ccccc2n1. The molecule has 0 spiro atoms. The number of carbonyl (C=O) groups is 1. The van der Waals surface area contributed by atoms with Crippen LogP contribution in [0, 0.1) is 12.8 Å². The van der Waals surface area contributed by atoms with Crippen LogP contribution in [-0.4, -0.2) is 23.5 Å². The molecule has 0 bridgehead atoms. The molecule has 4 heteroatoms. The van der Waals surface area contributed by atoms with Crippen molar-refractivity contribution in [2.45, 2.75) is 26.8 Å². The molecule has 1 aromatic heterocycles. The summed E-state index contributed by atoms with van der Waals surface area (Å²) in [5.74, 6) is 0.174. The van der Waals surface area contributed by atoms with Crippen molar-refractivity contribution in [1.29, 1.82) is 0 Å². The number of nitrogens with two attached hydrogens (primary N) is 1. The second kappa shape index (κ2) is 6.01. The molecule has 3 N–H and O–H groups in total. The van der Waals surface area contributed by atoms with Crippen molar-refractivity contribution in [1.82, 2.24) is 10.3 Å². The molecule has 0 fully saturated rings. The van der Waals surface area contributed by atoms with Crippen molar-refractivity contribution < 1.29 is 4.79 Å². The van der Waals surface area contributed by atoms with Gasteiger partial charge in [-0.1, -0.05) is 25.1 Å². The average molecular weight is 271 g/mol. The number of hydrogen-bond donors (Lipinski definition) is 2. The number of amides is 1. The molecular weight excluding hydrogens is 250 g/mol. The maximum absolute atomic E-state index is 12.5. The fraction of sp³-hybridized carbons (Fsp3) is 0.375. The summed E-state index contributed by atoms with van der Waals surface area (Å²) in [4.78, 5) is 16.9. The third kappa shape index (κ3) is 2.96. The van der Waals surface area contributed by atoms with Gasteiger partial charge in [0.1, 0.15) is 0 Å². The van der Waals surface area contributed by atoms with Gasteiger partial charge in [0.2, 0.25) is 0 Å². The highest BCUT2D eigenvalue weighted by Gasteiger charge is 2.17. The number of aromatic nitrogens is 1. The van der Waals surface area contributed by atoms with Crippen molar-refractivity contribution in [3.05, 3.63) is 41.6 Å². The molecule has 20 heavy (non-hydrogen) atoms. The molecule has 1 aromatic carbocycles. The zero-order chi connectivity index (χ0) is 14.7. The fourth-order valence-corrected chi connectivity index (χ4v) is 2.13. The molecule has 2 aromatic rings. The molecule has 0 saturated heterocycles. The lowest BCUT2D eigenvalue weighted by Gasteiger charge is -2.20. The normalized spacial score (nSPS) is 14.0. The first-order chi connectivity index (χ1) is 9.52. The summed E-state index contributed by atoms with van der Waals surface area (Å²) in [5.41, 5.74) is 8.00. The van der Waals surface area contributed by atoms with Crippen molar-refractivity contribution in [3.8, 4) is 0 Å². The van der Waals surface area contributed by atoms with Gasteiger partial charge in [0.05, 0.1) is 11.1 Å². The molecular formula is C16H21N3O. The summed E-state index contributed by atoms with van der Waals surface area (Å²) < 4.78 is 0. The first-order valence-electron chi connectivity index (χ1n) is 6.90. The number of benzene rings is 1. The van der Waals surface area contributed by atoms with E-state index in [1.54, 1.807) is 0 Å². The van der Waals surface area contributed by atoms with E-state index in [1.165, 1.54) is 0 Å². The Hall–Kier alpha value is -1.94. The molecule has 0 radical (unpaired) electrons. The highest BCUT2D eigenvalue weighted by molar-refractivity contribution is 6.06. The molecule has 1 heterocycles. The van der Waals surface area contributed by atoms with Gasteiger partial charge in [-0.15, -0.1) is 0 Å². The molecule has 0 aliphatic heterocycles. The summed E-state index contributed by atoms with van der Waals surface area (Å²) in [5, 5.41) is 3.90. The van der Waals surface area contributed by atoms with Gasteiger partial charge in [-0.3, -0.25) is 9.78 Å². The second-order valence-electron chi connectivity index (χ2n) is 5.30. The number of aryl methyl sites for hydroxylation is 1. The van der Waals surface area contributed by atoms with Crippen LogP contribution in [0.4, 0.5) is 0 Å². The Morgan fingerprint density at radius 3 is 2.75 bits per heavy atom. The quantitative estimate of drug-likeness (QED) is 0.896. The smallest absolute Gasteiger partial charge is 0.252 e. The Morgan fingerprint density at radius 1 is 1.35 bits per heavy atom. The number of fused-ring (bicyclic) bond motifs is 1. The third-order valence-electron chi connectivity index (χ3n) is 3.67. The van der Waals surface area contributed by atoms with Crippen LogP contribution >= 0.6 is 0 Å². The number of pyridine rings is 1. The summed E-state index contributed by atoms with van der Waals surface area (Å²) in [6.45, 7) is 6.46. The van der Waals surface area contributed by atoms with E-state index in [0.717, 1.165) is 16.6 Å². The number of nitrogens with zero attached hydrogens (tertiary/aromatic N) is 1. The van der Waals surface area contributed by atoms with Gasteiger partial charge >= 0.3 is 0 Å². The highest BCUT2D eigenvalue weighted by Crippen LogP contribution is 2.18. The van der Waals surface area contributed by atoms with Crippen molar-refractivity contribution in [2.24, 2.45) is 11.7 Å². The molecule has 2 atom stereocenters. The van der Waals surface area contributed by atoms with E-state index in [2.05, 4.69) is 10.3 Å². The Morgan fingerprint density at radius 2 is 2.05 bits per heavy atom. The van der Waals surface area contributed by atoms with E-state index < -0.39 is 0 Å². The predicted octanol–water partition coefficient (Wildman–Crippen LogP) is 2.26. The molecule has 0 aliphatic rings.